The van der Waals surface area contributed by atoms with Crippen LogP contribution in [0.3, 0.4) is 0 Å². The Morgan fingerprint density at radius 2 is 1.63 bits per heavy atom. The highest BCUT2D eigenvalue weighted by atomic mass is 32.1. The summed E-state index contributed by atoms with van der Waals surface area (Å²) in [5.41, 5.74) is 9.67. The van der Waals surface area contributed by atoms with E-state index in [1.54, 1.807) is 18.2 Å². The second-order valence-electron chi connectivity index (χ2n) is 7.00. The van der Waals surface area contributed by atoms with Gasteiger partial charge in [0.1, 0.15) is 17.8 Å². The molecule has 0 radical (unpaired) electrons. The summed E-state index contributed by atoms with van der Waals surface area (Å²) >= 11 is 1.40. The fourth-order valence-corrected chi connectivity index (χ4v) is 4.78. The largest absolute Gasteiger partial charge is 0.508 e. The molecule has 0 bridgehead atoms. The Hall–Kier alpha value is -3.83. The summed E-state index contributed by atoms with van der Waals surface area (Å²) in [5, 5.41) is 10.9. The van der Waals surface area contributed by atoms with E-state index in [1.807, 2.05) is 60.7 Å². The molecule has 3 aromatic carbocycles. The first-order valence-electron chi connectivity index (χ1n) is 9.40. The Labute approximate surface area is 176 Å². The van der Waals surface area contributed by atoms with Crippen molar-refractivity contribution in [3.8, 4) is 28.2 Å². The van der Waals surface area contributed by atoms with Crippen LogP contribution >= 0.6 is 11.3 Å². The first-order chi connectivity index (χ1) is 14.6. The van der Waals surface area contributed by atoms with Gasteiger partial charge in [0.15, 0.2) is 0 Å². The van der Waals surface area contributed by atoms with E-state index >= 15 is 0 Å². The molecule has 5 heteroatoms. The van der Waals surface area contributed by atoms with E-state index in [4.69, 9.17) is 10.2 Å². The number of hydrogen-bond acceptors (Lipinski definition) is 5. The van der Waals surface area contributed by atoms with E-state index in [9.17, 15) is 9.90 Å². The van der Waals surface area contributed by atoms with E-state index in [0.29, 0.717) is 21.9 Å². The predicted octanol–water partition coefficient (Wildman–Crippen LogP) is 6.35. The summed E-state index contributed by atoms with van der Waals surface area (Å²) < 4.78 is 6.35. The number of aromatic hydroxyl groups is 1. The minimum Gasteiger partial charge on any atom is -0.508 e. The average molecular weight is 411 g/mol. The topological polar surface area (TPSA) is 76.5 Å². The van der Waals surface area contributed by atoms with Crippen molar-refractivity contribution < 1.29 is 14.3 Å². The number of carbonyl (C=O) groups excluding carboxylic acids is 1. The lowest BCUT2D eigenvalue weighted by atomic mass is 9.97. The highest BCUT2D eigenvalue weighted by molar-refractivity contribution is 7.21. The first kappa shape index (κ1) is 18.2. The molecule has 0 aliphatic carbocycles. The molecule has 5 rings (SSSR count). The number of phenols is 1. The zero-order valence-corrected chi connectivity index (χ0v) is 16.6. The highest BCUT2D eigenvalue weighted by Gasteiger charge is 2.21. The number of fused-ring (bicyclic) bond motifs is 1. The van der Waals surface area contributed by atoms with E-state index in [-0.39, 0.29) is 11.5 Å². The maximum Gasteiger partial charge on any atom is 0.203 e. The minimum atomic E-state index is -0.0332. The van der Waals surface area contributed by atoms with Crippen LogP contribution in [0.15, 0.2) is 89.5 Å². The van der Waals surface area contributed by atoms with Crippen molar-refractivity contribution in [2.45, 2.75) is 0 Å². The smallest absolute Gasteiger partial charge is 0.203 e. The van der Waals surface area contributed by atoms with Crippen LogP contribution in [0, 0.1) is 0 Å². The van der Waals surface area contributed by atoms with Gasteiger partial charge in [0, 0.05) is 32.8 Å². The average Bonchev–Trinajstić information content (AvgIpc) is 3.37. The second kappa shape index (κ2) is 7.21. The minimum absolute atomic E-state index is 0.0332. The fraction of sp³-hybridized carbons (Fsp3) is 0. The van der Waals surface area contributed by atoms with Crippen molar-refractivity contribution in [2.24, 2.45) is 0 Å². The van der Waals surface area contributed by atoms with Crippen LogP contribution in [0.4, 0.5) is 5.69 Å². The SMILES string of the molecule is Nc1coc(-c2ccc(-c3c(C(=O)c4ccccc4)sc4cc(O)ccc34)cc2)c1. The van der Waals surface area contributed by atoms with Gasteiger partial charge in [-0.2, -0.15) is 0 Å². The van der Waals surface area contributed by atoms with Gasteiger partial charge in [0.05, 0.1) is 10.6 Å². The van der Waals surface area contributed by atoms with E-state index in [0.717, 1.165) is 26.8 Å². The number of carbonyl (C=O) groups is 1. The second-order valence-corrected chi connectivity index (χ2v) is 8.06. The Bertz CT molecular complexity index is 1370. The monoisotopic (exact) mass is 411 g/mol. The van der Waals surface area contributed by atoms with Crippen molar-refractivity contribution >= 4 is 32.9 Å². The van der Waals surface area contributed by atoms with Gasteiger partial charge in [-0.15, -0.1) is 11.3 Å². The van der Waals surface area contributed by atoms with Crippen LogP contribution in [-0.2, 0) is 0 Å². The summed E-state index contributed by atoms with van der Waals surface area (Å²) in [5.74, 6) is 0.841. The van der Waals surface area contributed by atoms with E-state index in [1.165, 1.54) is 17.6 Å². The molecule has 30 heavy (non-hydrogen) atoms. The zero-order chi connectivity index (χ0) is 20.7. The molecule has 0 amide bonds. The molecule has 0 aliphatic rings. The van der Waals surface area contributed by atoms with Crippen LogP contribution in [-0.4, -0.2) is 10.9 Å². The van der Waals surface area contributed by atoms with Crippen molar-refractivity contribution in [1.82, 2.24) is 0 Å². The number of benzene rings is 3. The Kier molecular flexibility index (Phi) is 4.38. The number of rotatable bonds is 4. The van der Waals surface area contributed by atoms with Gasteiger partial charge in [-0.3, -0.25) is 4.79 Å². The molecule has 5 aromatic rings. The number of ketones is 1. The molecule has 0 spiro atoms. The first-order valence-corrected chi connectivity index (χ1v) is 10.2. The molecule has 146 valence electrons. The van der Waals surface area contributed by atoms with Crippen molar-refractivity contribution in [3.63, 3.8) is 0 Å². The van der Waals surface area contributed by atoms with Crippen LogP contribution in [0.25, 0.3) is 32.5 Å². The number of nitrogens with two attached hydrogens (primary N) is 1. The van der Waals surface area contributed by atoms with E-state index < -0.39 is 0 Å². The van der Waals surface area contributed by atoms with Crippen molar-refractivity contribution in [1.29, 1.82) is 0 Å². The van der Waals surface area contributed by atoms with Crippen LogP contribution < -0.4 is 5.73 Å². The molecule has 0 atom stereocenters. The van der Waals surface area contributed by atoms with Crippen molar-refractivity contribution in [2.75, 3.05) is 5.73 Å². The molecule has 2 aromatic heterocycles. The molecule has 0 saturated heterocycles. The van der Waals surface area contributed by atoms with Gasteiger partial charge in [0.25, 0.3) is 0 Å². The molecular formula is C25H17NO3S. The quantitative estimate of drug-likeness (QED) is 0.338. The summed E-state index contributed by atoms with van der Waals surface area (Å²) in [6, 6.07) is 24.1. The van der Waals surface area contributed by atoms with Gasteiger partial charge in [-0.1, -0.05) is 54.6 Å². The number of hydrogen-bond donors (Lipinski definition) is 2. The number of furan rings is 1. The molecule has 0 fully saturated rings. The lowest BCUT2D eigenvalue weighted by molar-refractivity contribution is 0.104. The molecule has 4 nitrogen and oxygen atoms in total. The van der Waals surface area contributed by atoms with E-state index in [2.05, 4.69) is 0 Å². The normalized spacial score (nSPS) is 11.1. The number of phenolic OH excluding ortho intramolecular Hbond substituents is 1. The summed E-state index contributed by atoms with van der Waals surface area (Å²) in [7, 11) is 0. The number of thiophene rings is 1. The van der Waals surface area contributed by atoms with Gasteiger partial charge >= 0.3 is 0 Å². The molecule has 0 unspecified atom stereocenters. The summed E-state index contributed by atoms with van der Waals surface area (Å²) in [6.45, 7) is 0. The fourth-order valence-electron chi connectivity index (χ4n) is 3.56. The Balaban J connectivity index is 1.66. The van der Waals surface area contributed by atoms with Gasteiger partial charge in [-0.25, -0.2) is 0 Å². The number of anilines is 1. The Morgan fingerprint density at radius 3 is 2.33 bits per heavy atom. The Morgan fingerprint density at radius 1 is 0.900 bits per heavy atom. The molecule has 0 saturated carbocycles. The standard InChI is InChI=1S/C25H17NO3S/c26-18-12-21(29-14-18)15-6-8-16(9-7-15)23-20-11-10-19(27)13-22(20)30-25(23)24(28)17-4-2-1-3-5-17/h1-14,27H,26H2. The predicted molar refractivity (Wildman–Crippen MR) is 121 cm³/mol. The van der Waals surface area contributed by atoms with Gasteiger partial charge < -0.3 is 15.3 Å². The van der Waals surface area contributed by atoms with Crippen LogP contribution in [0.1, 0.15) is 15.2 Å². The number of nitrogen functional groups attached to an aromatic ring is 1. The molecule has 2 heterocycles. The molecule has 3 N–H and O–H groups in total. The lowest BCUT2D eigenvalue weighted by Crippen LogP contribution is -2.00. The van der Waals surface area contributed by atoms with Gasteiger partial charge in [0.2, 0.25) is 5.78 Å². The highest BCUT2D eigenvalue weighted by Crippen LogP contribution is 2.41. The third-order valence-electron chi connectivity index (χ3n) is 4.99. The van der Waals surface area contributed by atoms with Crippen LogP contribution in [0.2, 0.25) is 0 Å². The molecule has 0 aliphatic heterocycles. The lowest BCUT2D eigenvalue weighted by Gasteiger charge is -2.06. The summed E-state index contributed by atoms with van der Waals surface area (Å²) in [6.07, 6.45) is 1.51. The van der Waals surface area contributed by atoms with Crippen LogP contribution in [0.5, 0.6) is 5.75 Å². The van der Waals surface area contributed by atoms with Gasteiger partial charge in [-0.05, 0) is 23.8 Å². The van der Waals surface area contributed by atoms with Crippen molar-refractivity contribution in [3.05, 3.63) is 95.6 Å². The summed E-state index contributed by atoms with van der Waals surface area (Å²) in [4.78, 5) is 14.0. The third kappa shape index (κ3) is 3.15. The maximum atomic E-state index is 13.3. The molecular weight excluding hydrogens is 394 g/mol. The maximum absolute atomic E-state index is 13.3. The zero-order valence-electron chi connectivity index (χ0n) is 15.8. The third-order valence-corrected chi connectivity index (χ3v) is 6.14.